The molecule has 1 saturated heterocycles. The summed E-state index contributed by atoms with van der Waals surface area (Å²) in [6.45, 7) is 0.511. The molecule has 1 aliphatic rings. The SMILES string of the molecule is COc1cc(OC)c(C2SCCC(=O)N2Cc2ccncc2)c(OC)c1. The standard InChI is InChI=1S/C19H22N2O4S/c1-23-14-10-15(24-2)18(16(11-14)25-3)19-21(17(22)6-9-26-19)12-13-4-7-20-8-5-13/h4-5,7-8,10-11,19H,6,9,12H2,1-3H3. The minimum atomic E-state index is -0.194. The summed E-state index contributed by atoms with van der Waals surface area (Å²) in [7, 11) is 4.82. The lowest BCUT2D eigenvalue weighted by Gasteiger charge is -2.36. The minimum absolute atomic E-state index is 0.116. The van der Waals surface area contributed by atoms with Gasteiger partial charge in [0, 0.05) is 43.2 Å². The van der Waals surface area contributed by atoms with Crippen LogP contribution in [0.5, 0.6) is 17.2 Å². The first-order chi connectivity index (χ1) is 12.7. The van der Waals surface area contributed by atoms with Crippen LogP contribution < -0.4 is 14.2 Å². The van der Waals surface area contributed by atoms with E-state index in [9.17, 15) is 4.79 Å². The van der Waals surface area contributed by atoms with E-state index in [0.717, 1.165) is 16.9 Å². The predicted octanol–water partition coefficient (Wildman–Crippen LogP) is 3.27. The molecule has 0 bridgehead atoms. The van der Waals surface area contributed by atoms with E-state index in [4.69, 9.17) is 14.2 Å². The summed E-state index contributed by atoms with van der Waals surface area (Å²) in [5, 5.41) is -0.194. The van der Waals surface area contributed by atoms with E-state index < -0.39 is 0 Å². The molecule has 2 heterocycles. The van der Waals surface area contributed by atoms with Crippen molar-refractivity contribution in [3.8, 4) is 17.2 Å². The number of aromatic nitrogens is 1. The summed E-state index contributed by atoms with van der Waals surface area (Å²) in [5.74, 6) is 2.82. The Balaban J connectivity index is 2.03. The number of hydrogen-bond acceptors (Lipinski definition) is 6. The van der Waals surface area contributed by atoms with Crippen LogP contribution in [0, 0.1) is 0 Å². The molecule has 138 valence electrons. The van der Waals surface area contributed by atoms with Crippen LogP contribution in [0.1, 0.15) is 22.9 Å². The molecule has 7 heteroatoms. The van der Waals surface area contributed by atoms with Gasteiger partial charge in [0.05, 0.1) is 26.9 Å². The fraction of sp³-hybridized carbons (Fsp3) is 0.368. The Labute approximate surface area is 157 Å². The fourth-order valence-electron chi connectivity index (χ4n) is 2.99. The Bertz CT molecular complexity index is 744. The van der Waals surface area contributed by atoms with E-state index in [1.54, 1.807) is 45.5 Å². The highest BCUT2D eigenvalue weighted by molar-refractivity contribution is 7.99. The maximum absolute atomic E-state index is 12.7. The van der Waals surface area contributed by atoms with Crippen molar-refractivity contribution in [2.45, 2.75) is 18.3 Å². The van der Waals surface area contributed by atoms with E-state index in [-0.39, 0.29) is 11.3 Å². The molecule has 1 aromatic heterocycles. The lowest BCUT2D eigenvalue weighted by Crippen LogP contribution is -2.37. The van der Waals surface area contributed by atoms with E-state index in [1.807, 2.05) is 29.2 Å². The highest BCUT2D eigenvalue weighted by Gasteiger charge is 2.34. The van der Waals surface area contributed by atoms with Gasteiger partial charge in [-0.3, -0.25) is 9.78 Å². The Morgan fingerprint density at radius 2 is 1.77 bits per heavy atom. The molecule has 1 fully saturated rings. The molecular formula is C19H22N2O4S. The van der Waals surface area contributed by atoms with E-state index in [2.05, 4.69) is 4.98 Å². The number of hydrogen-bond donors (Lipinski definition) is 0. The topological polar surface area (TPSA) is 60.9 Å². The average Bonchev–Trinajstić information content (AvgIpc) is 2.69. The fourth-order valence-corrected chi connectivity index (χ4v) is 4.28. The molecule has 0 aliphatic carbocycles. The number of amides is 1. The number of ether oxygens (including phenoxy) is 3. The summed E-state index contributed by atoms with van der Waals surface area (Å²) in [4.78, 5) is 18.6. The Morgan fingerprint density at radius 3 is 2.35 bits per heavy atom. The first-order valence-corrected chi connectivity index (χ1v) is 9.32. The molecule has 1 unspecified atom stereocenters. The van der Waals surface area contributed by atoms with Crippen LogP contribution in [0.3, 0.4) is 0 Å². The molecule has 0 saturated carbocycles. The third kappa shape index (κ3) is 3.72. The summed E-state index contributed by atoms with van der Waals surface area (Å²) in [6, 6.07) is 7.49. The summed E-state index contributed by atoms with van der Waals surface area (Å²) < 4.78 is 16.5. The van der Waals surface area contributed by atoms with Crippen molar-refractivity contribution in [3.63, 3.8) is 0 Å². The van der Waals surface area contributed by atoms with Gasteiger partial charge in [-0.1, -0.05) is 0 Å². The van der Waals surface area contributed by atoms with Gasteiger partial charge in [-0.15, -0.1) is 11.8 Å². The molecule has 0 N–H and O–H groups in total. The second-order valence-electron chi connectivity index (χ2n) is 5.80. The number of carbonyl (C=O) groups excluding carboxylic acids is 1. The second kappa shape index (κ2) is 8.31. The number of carbonyl (C=O) groups is 1. The highest BCUT2D eigenvalue weighted by atomic mass is 32.2. The molecule has 2 aromatic rings. The number of thioether (sulfide) groups is 1. The van der Waals surface area contributed by atoms with Crippen LogP contribution in [-0.4, -0.2) is 42.9 Å². The maximum Gasteiger partial charge on any atom is 0.224 e. The molecule has 1 atom stereocenters. The molecule has 1 amide bonds. The summed E-state index contributed by atoms with van der Waals surface area (Å²) in [6.07, 6.45) is 3.99. The zero-order chi connectivity index (χ0) is 18.5. The predicted molar refractivity (Wildman–Crippen MR) is 101 cm³/mol. The normalized spacial score (nSPS) is 17.1. The van der Waals surface area contributed by atoms with Crippen LogP contribution in [0.25, 0.3) is 0 Å². The van der Waals surface area contributed by atoms with Gasteiger partial charge in [0.1, 0.15) is 22.6 Å². The zero-order valence-electron chi connectivity index (χ0n) is 15.1. The molecule has 1 aliphatic heterocycles. The zero-order valence-corrected chi connectivity index (χ0v) is 15.9. The van der Waals surface area contributed by atoms with Gasteiger partial charge < -0.3 is 19.1 Å². The molecule has 26 heavy (non-hydrogen) atoms. The first kappa shape index (κ1) is 18.4. The third-order valence-corrected chi connectivity index (χ3v) is 5.54. The Hall–Kier alpha value is -2.41. The number of rotatable bonds is 6. The van der Waals surface area contributed by atoms with Gasteiger partial charge in [0.2, 0.25) is 5.91 Å². The monoisotopic (exact) mass is 374 g/mol. The van der Waals surface area contributed by atoms with Crippen molar-refractivity contribution in [1.82, 2.24) is 9.88 Å². The molecule has 0 spiro atoms. The van der Waals surface area contributed by atoms with Gasteiger partial charge in [-0.2, -0.15) is 0 Å². The van der Waals surface area contributed by atoms with Crippen molar-refractivity contribution < 1.29 is 19.0 Å². The van der Waals surface area contributed by atoms with Gasteiger partial charge in [-0.05, 0) is 17.7 Å². The average molecular weight is 374 g/mol. The van der Waals surface area contributed by atoms with Crippen molar-refractivity contribution in [2.75, 3.05) is 27.1 Å². The molecular weight excluding hydrogens is 352 g/mol. The maximum atomic E-state index is 12.7. The lowest BCUT2D eigenvalue weighted by atomic mass is 10.1. The van der Waals surface area contributed by atoms with Crippen LogP contribution in [0.15, 0.2) is 36.7 Å². The van der Waals surface area contributed by atoms with Crippen molar-refractivity contribution in [1.29, 1.82) is 0 Å². The third-order valence-electron chi connectivity index (χ3n) is 4.30. The van der Waals surface area contributed by atoms with Gasteiger partial charge >= 0.3 is 0 Å². The van der Waals surface area contributed by atoms with E-state index >= 15 is 0 Å². The first-order valence-electron chi connectivity index (χ1n) is 8.27. The van der Waals surface area contributed by atoms with Gasteiger partial charge in [0.25, 0.3) is 0 Å². The smallest absolute Gasteiger partial charge is 0.224 e. The van der Waals surface area contributed by atoms with E-state index in [1.165, 1.54) is 0 Å². The highest BCUT2D eigenvalue weighted by Crippen LogP contribution is 2.47. The summed E-state index contributed by atoms with van der Waals surface area (Å²) >= 11 is 1.71. The molecule has 6 nitrogen and oxygen atoms in total. The van der Waals surface area contributed by atoms with Crippen molar-refractivity contribution in [2.24, 2.45) is 0 Å². The van der Waals surface area contributed by atoms with Crippen molar-refractivity contribution in [3.05, 3.63) is 47.8 Å². The second-order valence-corrected chi connectivity index (χ2v) is 6.98. The number of pyridine rings is 1. The van der Waals surface area contributed by atoms with Crippen molar-refractivity contribution >= 4 is 17.7 Å². The van der Waals surface area contributed by atoms with Gasteiger partial charge in [0.15, 0.2) is 0 Å². The van der Waals surface area contributed by atoms with Gasteiger partial charge in [-0.25, -0.2) is 0 Å². The quantitative estimate of drug-likeness (QED) is 0.773. The molecule has 0 radical (unpaired) electrons. The molecule has 3 rings (SSSR count). The molecule has 1 aromatic carbocycles. The largest absolute Gasteiger partial charge is 0.496 e. The van der Waals surface area contributed by atoms with Crippen LogP contribution in [0.4, 0.5) is 0 Å². The lowest BCUT2D eigenvalue weighted by molar-refractivity contribution is -0.132. The van der Waals surface area contributed by atoms with Crippen LogP contribution in [0.2, 0.25) is 0 Å². The van der Waals surface area contributed by atoms with Crippen LogP contribution in [-0.2, 0) is 11.3 Å². The minimum Gasteiger partial charge on any atom is -0.496 e. The number of methoxy groups -OCH3 is 3. The van der Waals surface area contributed by atoms with Crippen LogP contribution >= 0.6 is 11.8 Å². The number of nitrogens with zero attached hydrogens (tertiary/aromatic N) is 2. The Morgan fingerprint density at radius 1 is 1.12 bits per heavy atom. The number of benzene rings is 1. The van der Waals surface area contributed by atoms with E-state index in [0.29, 0.717) is 30.2 Å². The Kier molecular flexibility index (Phi) is 5.88. The summed E-state index contributed by atoms with van der Waals surface area (Å²) in [5.41, 5.74) is 1.88.